The molecule has 0 saturated carbocycles. The van der Waals surface area contributed by atoms with Crippen LogP contribution in [0.25, 0.3) is 0 Å². The third-order valence-corrected chi connectivity index (χ3v) is 7.40. The summed E-state index contributed by atoms with van der Waals surface area (Å²) < 4.78 is 0. The van der Waals surface area contributed by atoms with Crippen molar-refractivity contribution < 1.29 is 14.4 Å². The molecule has 10 nitrogen and oxygen atoms in total. The summed E-state index contributed by atoms with van der Waals surface area (Å²) in [5.74, 6) is 0.584. The summed E-state index contributed by atoms with van der Waals surface area (Å²) in [5.41, 5.74) is 0.243. The molecule has 33 heavy (non-hydrogen) atoms. The van der Waals surface area contributed by atoms with Crippen LogP contribution in [0.4, 0.5) is 5.82 Å². The number of nitrogens with zero attached hydrogens (tertiary/aromatic N) is 7. The lowest BCUT2D eigenvalue weighted by atomic mass is 9.96. The van der Waals surface area contributed by atoms with E-state index >= 15 is 0 Å². The van der Waals surface area contributed by atoms with Gasteiger partial charge in [0.25, 0.3) is 5.91 Å². The molecule has 3 atom stereocenters. The minimum Gasteiger partial charge on any atom is -0.361 e. The van der Waals surface area contributed by atoms with Crippen LogP contribution in [0.2, 0.25) is 0 Å². The van der Waals surface area contributed by atoms with Gasteiger partial charge in [-0.2, -0.15) is 0 Å². The summed E-state index contributed by atoms with van der Waals surface area (Å²) in [5, 5.41) is 0. The van der Waals surface area contributed by atoms with Gasteiger partial charge in [0, 0.05) is 52.4 Å². The third-order valence-electron chi connectivity index (χ3n) is 7.40. The highest BCUT2D eigenvalue weighted by Gasteiger charge is 2.40. The number of carbonyl (C=O) groups is 3. The zero-order chi connectivity index (χ0) is 23.7. The molecule has 0 aromatic carbocycles. The van der Waals surface area contributed by atoms with Gasteiger partial charge in [-0.3, -0.25) is 14.4 Å². The van der Waals surface area contributed by atoms with E-state index in [0.29, 0.717) is 25.5 Å². The normalized spacial score (nSPS) is 26.6. The van der Waals surface area contributed by atoms with E-state index in [-0.39, 0.29) is 48.0 Å². The van der Waals surface area contributed by atoms with Gasteiger partial charge in [0.1, 0.15) is 18.1 Å². The lowest BCUT2D eigenvalue weighted by Gasteiger charge is -2.43. The molecule has 1 unspecified atom stereocenters. The van der Waals surface area contributed by atoms with Crippen LogP contribution in [0.5, 0.6) is 0 Å². The van der Waals surface area contributed by atoms with E-state index < -0.39 is 0 Å². The highest BCUT2D eigenvalue weighted by molar-refractivity contribution is 5.95. The van der Waals surface area contributed by atoms with Gasteiger partial charge in [-0.15, -0.1) is 0 Å². The third kappa shape index (κ3) is 4.80. The summed E-state index contributed by atoms with van der Waals surface area (Å²) in [7, 11) is 5.78. The minimum atomic E-state index is -0.277. The maximum atomic E-state index is 13.2. The molecule has 3 aliphatic heterocycles. The number of aromatic nitrogens is 2. The van der Waals surface area contributed by atoms with Gasteiger partial charge in [-0.05, 0) is 39.8 Å². The molecule has 0 bridgehead atoms. The summed E-state index contributed by atoms with van der Waals surface area (Å²) >= 11 is 0. The number of hydrogen-bond acceptors (Lipinski definition) is 7. The molecule has 1 aromatic heterocycles. The second kappa shape index (κ2) is 9.62. The van der Waals surface area contributed by atoms with Gasteiger partial charge < -0.3 is 24.5 Å². The average Bonchev–Trinajstić information content (AvgIpc) is 3.16. The van der Waals surface area contributed by atoms with E-state index in [1.807, 2.05) is 28.8 Å². The van der Waals surface area contributed by atoms with Gasteiger partial charge in [-0.25, -0.2) is 9.97 Å². The second-order valence-electron chi connectivity index (χ2n) is 9.66. The average molecular weight is 458 g/mol. The molecule has 1 aromatic rings. The first-order chi connectivity index (χ1) is 15.8. The molecule has 0 spiro atoms. The molecule has 4 rings (SSSR count). The molecule has 0 aliphatic carbocycles. The number of rotatable bonds is 4. The molecule has 0 N–H and O–H groups in total. The number of piperazine rings is 1. The molecule has 3 fully saturated rings. The Kier molecular flexibility index (Phi) is 6.83. The molecule has 0 radical (unpaired) electrons. The van der Waals surface area contributed by atoms with Crippen molar-refractivity contribution in [2.24, 2.45) is 5.92 Å². The number of anilines is 1. The van der Waals surface area contributed by atoms with Gasteiger partial charge in [0.15, 0.2) is 0 Å². The fourth-order valence-corrected chi connectivity index (χ4v) is 5.14. The Morgan fingerprint density at radius 1 is 1.03 bits per heavy atom. The highest BCUT2D eigenvalue weighted by atomic mass is 16.2. The van der Waals surface area contributed by atoms with E-state index in [2.05, 4.69) is 28.8 Å². The minimum absolute atomic E-state index is 0.0149. The summed E-state index contributed by atoms with van der Waals surface area (Å²) in [6.07, 6.45) is 5.70. The SMILES string of the molecule is C[C@@H]1[C@H](C(=O)N2CCCC(N3CCN(C(=O)c4cnc(N(C)C)cn4)CC3=O)C2)CCN1C. The Hall–Kier alpha value is -2.75. The monoisotopic (exact) mass is 457 g/mol. The molecule has 3 aliphatic rings. The van der Waals surface area contributed by atoms with Crippen molar-refractivity contribution in [3.8, 4) is 0 Å². The smallest absolute Gasteiger partial charge is 0.274 e. The predicted octanol–water partition coefficient (Wildman–Crippen LogP) is 0.158. The van der Waals surface area contributed by atoms with Crippen molar-refractivity contribution in [3.05, 3.63) is 18.1 Å². The second-order valence-corrected chi connectivity index (χ2v) is 9.66. The maximum absolute atomic E-state index is 13.2. The fraction of sp³-hybridized carbons (Fsp3) is 0.696. The fourth-order valence-electron chi connectivity index (χ4n) is 5.14. The van der Waals surface area contributed by atoms with Crippen LogP contribution in [0.3, 0.4) is 0 Å². The Morgan fingerprint density at radius 2 is 1.82 bits per heavy atom. The molecular formula is C23H35N7O3. The molecule has 3 amide bonds. The Bertz CT molecular complexity index is 891. The zero-order valence-electron chi connectivity index (χ0n) is 20.1. The molecule has 180 valence electrons. The maximum Gasteiger partial charge on any atom is 0.274 e. The van der Waals surface area contributed by atoms with Gasteiger partial charge in [0.05, 0.1) is 18.3 Å². The highest BCUT2D eigenvalue weighted by Crippen LogP contribution is 2.27. The summed E-state index contributed by atoms with van der Waals surface area (Å²) in [4.78, 5) is 56.9. The van der Waals surface area contributed by atoms with E-state index in [1.54, 1.807) is 11.1 Å². The molecule has 3 saturated heterocycles. The topological polar surface area (TPSA) is 93.2 Å². The van der Waals surface area contributed by atoms with E-state index in [1.165, 1.54) is 6.20 Å². The zero-order valence-corrected chi connectivity index (χ0v) is 20.1. The van der Waals surface area contributed by atoms with Crippen LogP contribution in [0, 0.1) is 5.92 Å². The number of carbonyl (C=O) groups excluding carboxylic acids is 3. The van der Waals surface area contributed by atoms with Gasteiger partial charge in [-0.1, -0.05) is 0 Å². The van der Waals surface area contributed by atoms with E-state index in [9.17, 15) is 14.4 Å². The number of piperidine rings is 1. The van der Waals surface area contributed by atoms with Crippen molar-refractivity contribution in [2.45, 2.75) is 38.3 Å². The Labute approximate surface area is 195 Å². The molecule has 4 heterocycles. The van der Waals surface area contributed by atoms with Crippen molar-refractivity contribution >= 4 is 23.5 Å². The van der Waals surface area contributed by atoms with Crippen molar-refractivity contribution in [3.63, 3.8) is 0 Å². The number of likely N-dealkylation sites (tertiary alicyclic amines) is 2. The van der Waals surface area contributed by atoms with Crippen LogP contribution in [-0.4, -0.2) is 120 Å². The largest absolute Gasteiger partial charge is 0.361 e. The Morgan fingerprint density at radius 3 is 2.42 bits per heavy atom. The standard InChI is InChI=1S/C23H35N7O3/c1-16-18(7-9-27(16)4)22(32)28-8-5-6-17(14-28)30-11-10-29(15-21(30)31)23(33)19-12-25-20(13-24-19)26(2)3/h12-13,16-18H,5-11,14-15H2,1-4H3/t16-,17?,18-/m1/s1. The number of amides is 3. The van der Waals surface area contributed by atoms with Crippen molar-refractivity contribution in [2.75, 3.05) is 65.3 Å². The van der Waals surface area contributed by atoms with Crippen LogP contribution in [0.1, 0.15) is 36.7 Å². The van der Waals surface area contributed by atoms with Crippen LogP contribution in [-0.2, 0) is 9.59 Å². The quantitative estimate of drug-likeness (QED) is 0.636. The van der Waals surface area contributed by atoms with Crippen LogP contribution < -0.4 is 4.90 Å². The van der Waals surface area contributed by atoms with E-state index in [4.69, 9.17) is 0 Å². The van der Waals surface area contributed by atoms with Gasteiger partial charge in [0.2, 0.25) is 11.8 Å². The first kappa shape index (κ1) is 23.4. The van der Waals surface area contributed by atoms with Crippen molar-refractivity contribution in [1.29, 1.82) is 0 Å². The van der Waals surface area contributed by atoms with Gasteiger partial charge >= 0.3 is 0 Å². The lowest BCUT2D eigenvalue weighted by molar-refractivity contribution is -0.144. The molecular weight excluding hydrogens is 422 g/mol. The first-order valence-corrected chi connectivity index (χ1v) is 11.8. The summed E-state index contributed by atoms with van der Waals surface area (Å²) in [6.45, 7) is 5.38. The van der Waals surface area contributed by atoms with Crippen LogP contribution in [0.15, 0.2) is 12.4 Å². The summed E-state index contributed by atoms with van der Waals surface area (Å²) in [6, 6.07) is 0.269. The number of hydrogen-bond donors (Lipinski definition) is 0. The molecule has 10 heteroatoms. The predicted molar refractivity (Wildman–Crippen MR) is 124 cm³/mol. The van der Waals surface area contributed by atoms with E-state index in [0.717, 1.165) is 32.4 Å². The van der Waals surface area contributed by atoms with Crippen LogP contribution >= 0.6 is 0 Å². The lowest BCUT2D eigenvalue weighted by Crippen LogP contribution is -2.59. The first-order valence-electron chi connectivity index (χ1n) is 11.8. The Balaban J connectivity index is 1.35. The van der Waals surface area contributed by atoms with Crippen molar-refractivity contribution in [1.82, 2.24) is 29.6 Å².